The summed E-state index contributed by atoms with van der Waals surface area (Å²) in [5.74, 6) is 0.800. The molecule has 0 fully saturated rings. The number of halogens is 1. The quantitative estimate of drug-likeness (QED) is 0.143. The third kappa shape index (κ3) is 10.7. The fourth-order valence-corrected chi connectivity index (χ4v) is 2.59. The lowest BCUT2D eigenvalue weighted by Crippen LogP contribution is -2.41. The first-order valence-corrected chi connectivity index (χ1v) is 9.50. The normalized spacial score (nSPS) is 11.0. The number of carbonyl (C=O) groups is 1. The Morgan fingerprint density at radius 1 is 1.17 bits per heavy atom. The lowest BCUT2D eigenvalue weighted by atomic mass is 10.1. The largest absolute Gasteiger partial charge is 0.496 e. The molecule has 0 radical (unpaired) electrons. The number of aliphatic imine (C=N–C) groups is 1. The number of nitrogens with zero attached hydrogens (tertiary/aromatic N) is 2. The summed E-state index contributed by atoms with van der Waals surface area (Å²) in [5.41, 5.74) is 1.29. The van der Waals surface area contributed by atoms with Gasteiger partial charge in [0, 0.05) is 39.9 Å². The summed E-state index contributed by atoms with van der Waals surface area (Å²) in [4.78, 5) is 18.8. The third-order valence-electron chi connectivity index (χ3n) is 4.11. The van der Waals surface area contributed by atoms with E-state index in [9.17, 15) is 4.79 Å². The van der Waals surface area contributed by atoms with E-state index in [-0.39, 0.29) is 24.0 Å². The number of esters is 1. The van der Waals surface area contributed by atoms with Gasteiger partial charge in [0.25, 0.3) is 0 Å². The lowest BCUT2D eigenvalue weighted by molar-refractivity contribution is 0.0597. The molecule has 0 unspecified atom stereocenters. The second kappa shape index (κ2) is 16.2. The van der Waals surface area contributed by atoms with E-state index in [0.717, 1.165) is 50.7 Å². The Kier molecular flexibility index (Phi) is 15.3. The summed E-state index contributed by atoms with van der Waals surface area (Å²) in [5, 5.41) is 6.57. The van der Waals surface area contributed by atoms with Crippen LogP contribution in [-0.2, 0) is 16.0 Å². The SMILES string of the molecule is CCNC(=NCc1ccc(OC)c(C(=O)OC)c1)NCCN(C)CCCOC.I. The molecule has 0 saturated heterocycles. The third-order valence-corrected chi connectivity index (χ3v) is 4.11. The van der Waals surface area contributed by atoms with Crippen LogP contribution in [0.5, 0.6) is 5.75 Å². The maximum absolute atomic E-state index is 11.9. The van der Waals surface area contributed by atoms with Crippen molar-refractivity contribution in [3.63, 3.8) is 0 Å². The first-order chi connectivity index (χ1) is 13.5. The van der Waals surface area contributed by atoms with Gasteiger partial charge in [0.2, 0.25) is 0 Å². The molecule has 1 rings (SSSR count). The molecule has 2 N–H and O–H groups in total. The first-order valence-electron chi connectivity index (χ1n) is 9.50. The van der Waals surface area contributed by atoms with Gasteiger partial charge in [0.1, 0.15) is 11.3 Å². The van der Waals surface area contributed by atoms with Crippen LogP contribution >= 0.6 is 24.0 Å². The van der Waals surface area contributed by atoms with Gasteiger partial charge < -0.3 is 29.7 Å². The molecule has 8 nitrogen and oxygen atoms in total. The zero-order valence-electron chi connectivity index (χ0n) is 18.1. The van der Waals surface area contributed by atoms with E-state index >= 15 is 0 Å². The second-order valence-electron chi connectivity index (χ2n) is 6.30. The minimum atomic E-state index is -0.427. The summed E-state index contributed by atoms with van der Waals surface area (Å²) in [6.07, 6.45) is 1.02. The molecule has 0 aliphatic rings. The second-order valence-corrected chi connectivity index (χ2v) is 6.30. The van der Waals surface area contributed by atoms with Crippen LogP contribution in [0.15, 0.2) is 23.2 Å². The van der Waals surface area contributed by atoms with Crippen molar-refractivity contribution in [3.8, 4) is 5.75 Å². The van der Waals surface area contributed by atoms with Gasteiger partial charge in [-0.2, -0.15) is 0 Å². The Hall–Kier alpha value is -1.59. The number of nitrogens with one attached hydrogen (secondary N) is 2. The number of rotatable bonds is 12. The van der Waals surface area contributed by atoms with Crippen molar-refractivity contribution in [2.24, 2.45) is 4.99 Å². The Morgan fingerprint density at radius 3 is 2.55 bits per heavy atom. The maximum atomic E-state index is 11.9. The molecule has 0 aliphatic carbocycles. The van der Waals surface area contributed by atoms with E-state index in [1.54, 1.807) is 19.2 Å². The van der Waals surface area contributed by atoms with Gasteiger partial charge in [-0.25, -0.2) is 9.79 Å². The van der Waals surface area contributed by atoms with Gasteiger partial charge in [0.15, 0.2) is 5.96 Å². The number of methoxy groups -OCH3 is 3. The van der Waals surface area contributed by atoms with Crippen molar-refractivity contribution in [2.45, 2.75) is 19.9 Å². The molecular formula is C20H35IN4O4. The number of benzene rings is 1. The van der Waals surface area contributed by atoms with Crippen molar-refractivity contribution < 1.29 is 19.0 Å². The number of carbonyl (C=O) groups excluding carboxylic acids is 1. The predicted octanol–water partition coefficient (Wildman–Crippen LogP) is 2.12. The van der Waals surface area contributed by atoms with Crippen LogP contribution < -0.4 is 15.4 Å². The average molecular weight is 522 g/mol. The molecule has 0 aliphatic heterocycles. The molecule has 0 heterocycles. The van der Waals surface area contributed by atoms with Crippen molar-refractivity contribution in [1.29, 1.82) is 0 Å². The fraction of sp³-hybridized carbons (Fsp3) is 0.600. The number of guanidine groups is 1. The standard InChI is InChI=1S/C20H34N4O4.HI/c1-6-21-20(22-10-12-24(2)11-7-13-26-3)23-15-16-8-9-18(27-4)17(14-16)19(25)28-5;/h8-9,14H,6-7,10-13,15H2,1-5H3,(H2,21,22,23);1H. The summed E-state index contributed by atoms with van der Waals surface area (Å²) in [7, 11) is 6.69. The van der Waals surface area contributed by atoms with Gasteiger partial charge >= 0.3 is 5.97 Å². The zero-order valence-corrected chi connectivity index (χ0v) is 20.4. The smallest absolute Gasteiger partial charge is 0.341 e. The molecule has 29 heavy (non-hydrogen) atoms. The topological polar surface area (TPSA) is 84.4 Å². The van der Waals surface area contributed by atoms with Crippen LogP contribution in [0, 0.1) is 0 Å². The van der Waals surface area contributed by atoms with Crippen LogP contribution in [0.2, 0.25) is 0 Å². The highest BCUT2D eigenvalue weighted by atomic mass is 127. The van der Waals surface area contributed by atoms with Crippen LogP contribution in [0.4, 0.5) is 0 Å². The molecule has 166 valence electrons. The average Bonchev–Trinajstić information content (AvgIpc) is 2.71. The minimum absolute atomic E-state index is 0. The zero-order chi connectivity index (χ0) is 20.8. The predicted molar refractivity (Wildman–Crippen MR) is 127 cm³/mol. The molecular weight excluding hydrogens is 487 g/mol. The van der Waals surface area contributed by atoms with E-state index in [4.69, 9.17) is 14.2 Å². The van der Waals surface area contributed by atoms with Crippen molar-refractivity contribution in [3.05, 3.63) is 29.3 Å². The minimum Gasteiger partial charge on any atom is -0.496 e. The Balaban J connectivity index is 0.00000784. The van der Waals surface area contributed by atoms with E-state index in [1.807, 2.05) is 13.0 Å². The molecule has 0 amide bonds. The highest BCUT2D eigenvalue weighted by Crippen LogP contribution is 2.21. The van der Waals surface area contributed by atoms with Crippen LogP contribution in [0.1, 0.15) is 29.3 Å². The molecule has 0 aromatic heterocycles. The highest BCUT2D eigenvalue weighted by Gasteiger charge is 2.13. The molecule has 1 aromatic carbocycles. The van der Waals surface area contributed by atoms with E-state index in [0.29, 0.717) is 17.9 Å². The maximum Gasteiger partial charge on any atom is 0.341 e. The van der Waals surface area contributed by atoms with Gasteiger partial charge in [-0.1, -0.05) is 6.07 Å². The lowest BCUT2D eigenvalue weighted by Gasteiger charge is -2.18. The summed E-state index contributed by atoms with van der Waals surface area (Å²) in [6.45, 7) is 6.69. The first kappa shape index (κ1) is 27.4. The van der Waals surface area contributed by atoms with Crippen LogP contribution in [-0.4, -0.2) is 78.0 Å². The number of likely N-dealkylation sites (N-methyl/N-ethyl adjacent to an activating group) is 1. The van der Waals surface area contributed by atoms with E-state index in [1.165, 1.54) is 14.2 Å². The highest BCUT2D eigenvalue weighted by molar-refractivity contribution is 14.0. The molecule has 0 bridgehead atoms. The summed E-state index contributed by atoms with van der Waals surface area (Å²) in [6, 6.07) is 5.40. The van der Waals surface area contributed by atoms with Gasteiger partial charge in [-0.15, -0.1) is 24.0 Å². The number of hydrogen-bond acceptors (Lipinski definition) is 6. The van der Waals surface area contributed by atoms with Gasteiger partial charge in [-0.3, -0.25) is 0 Å². The van der Waals surface area contributed by atoms with Crippen molar-refractivity contribution in [1.82, 2.24) is 15.5 Å². The van der Waals surface area contributed by atoms with Crippen LogP contribution in [0.25, 0.3) is 0 Å². The number of ether oxygens (including phenoxy) is 3. The Morgan fingerprint density at radius 2 is 1.93 bits per heavy atom. The summed E-state index contributed by atoms with van der Waals surface area (Å²) < 4.78 is 15.1. The van der Waals surface area contributed by atoms with Gasteiger partial charge in [0.05, 0.1) is 20.8 Å². The molecule has 0 atom stereocenters. The Bertz CT molecular complexity index is 628. The van der Waals surface area contributed by atoms with Gasteiger partial charge in [-0.05, 0) is 38.1 Å². The summed E-state index contributed by atoms with van der Waals surface area (Å²) >= 11 is 0. The monoisotopic (exact) mass is 522 g/mol. The number of hydrogen-bond donors (Lipinski definition) is 2. The molecule has 9 heteroatoms. The van der Waals surface area contributed by atoms with Crippen LogP contribution in [0.3, 0.4) is 0 Å². The fourth-order valence-electron chi connectivity index (χ4n) is 2.59. The molecule has 0 spiro atoms. The van der Waals surface area contributed by atoms with Crippen molar-refractivity contribution in [2.75, 3.05) is 61.2 Å². The van der Waals surface area contributed by atoms with E-state index in [2.05, 4.69) is 27.6 Å². The molecule has 0 saturated carbocycles. The van der Waals surface area contributed by atoms with Crippen molar-refractivity contribution >= 4 is 35.9 Å². The Labute approximate surface area is 191 Å². The van der Waals surface area contributed by atoms with E-state index < -0.39 is 5.97 Å². The molecule has 1 aromatic rings.